The first-order valence-electron chi connectivity index (χ1n) is 14.0. The molecule has 2 nitrogen and oxygen atoms in total. The van der Waals surface area contributed by atoms with Gasteiger partial charge in [0.15, 0.2) is 0 Å². The summed E-state index contributed by atoms with van der Waals surface area (Å²) in [7, 11) is 0. The van der Waals surface area contributed by atoms with Crippen LogP contribution in [0.4, 0.5) is 0 Å². The zero-order valence-electron chi connectivity index (χ0n) is 21.4. The molecular formula is C38H20N2. The number of hydrogen-bond acceptors (Lipinski definition) is 0. The highest BCUT2D eigenvalue weighted by molar-refractivity contribution is 6.34. The Kier molecular flexibility index (Phi) is 3.17. The van der Waals surface area contributed by atoms with Crippen molar-refractivity contribution in [3.8, 4) is 0 Å². The van der Waals surface area contributed by atoms with Gasteiger partial charge in [0.1, 0.15) is 0 Å². The lowest BCUT2D eigenvalue weighted by Gasteiger charge is -2.04. The molecule has 0 saturated heterocycles. The molecule has 0 aliphatic rings. The van der Waals surface area contributed by atoms with E-state index in [1.54, 1.807) is 0 Å². The lowest BCUT2D eigenvalue weighted by Crippen LogP contribution is -1.84. The Bertz CT molecular complexity index is 2860. The minimum Gasteiger partial charge on any atom is -0.308 e. The predicted molar refractivity (Wildman–Crippen MR) is 171 cm³/mol. The van der Waals surface area contributed by atoms with Gasteiger partial charge in [0.05, 0.1) is 33.1 Å². The quantitative estimate of drug-likeness (QED) is 0.194. The van der Waals surface area contributed by atoms with Crippen LogP contribution in [0.5, 0.6) is 0 Å². The van der Waals surface area contributed by atoms with Gasteiger partial charge in [-0.05, 0) is 57.9 Å². The predicted octanol–water partition coefficient (Wildman–Crippen LogP) is 10.3. The molecule has 40 heavy (non-hydrogen) atoms. The molecule has 0 amide bonds. The lowest BCUT2D eigenvalue weighted by molar-refractivity contribution is 1.35. The second kappa shape index (κ2) is 6.44. The minimum atomic E-state index is 1.28. The highest BCUT2D eigenvalue weighted by Crippen LogP contribution is 2.46. The molecule has 7 aromatic carbocycles. The van der Waals surface area contributed by atoms with Crippen LogP contribution in [0.1, 0.15) is 0 Å². The van der Waals surface area contributed by atoms with Gasteiger partial charge in [-0.25, -0.2) is 0 Å². The molecule has 0 aliphatic heterocycles. The Balaban J connectivity index is 1.47. The van der Waals surface area contributed by atoms with E-state index >= 15 is 0 Å². The molecule has 0 aliphatic carbocycles. The monoisotopic (exact) mass is 504 g/mol. The molecular weight excluding hydrogens is 484 g/mol. The third-order valence-electron chi connectivity index (χ3n) is 9.49. The highest BCUT2D eigenvalue weighted by Gasteiger charge is 2.23. The fourth-order valence-electron chi connectivity index (χ4n) is 7.90. The van der Waals surface area contributed by atoms with Crippen molar-refractivity contribution in [3.63, 3.8) is 0 Å². The first-order chi connectivity index (χ1) is 19.8. The minimum absolute atomic E-state index is 1.28. The second-order valence-electron chi connectivity index (χ2n) is 11.4. The summed E-state index contributed by atoms with van der Waals surface area (Å²) in [6.07, 6.45) is 0. The Hall–Kier alpha value is -5.34. The molecule has 0 radical (unpaired) electrons. The Morgan fingerprint density at radius 2 is 0.875 bits per heavy atom. The van der Waals surface area contributed by atoms with Crippen molar-refractivity contribution in [1.29, 1.82) is 0 Å². The summed E-state index contributed by atoms with van der Waals surface area (Å²) < 4.78 is 5.04. The van der Waals surface area contributed by atoms with Gasteiger partial charge < -0.3 is 8.80 Å². The van der Waals surface area contributed by atoms with Crippen LogP contribution in [0, 0.1) is 0 Å². The van der Waals surface area contributed by atoms with Gasteiger partial charge in [-0.2, -0.15) is 0 Å². The van der Waals surface area contributed by atoms with Crippen LogP contribution < -0.4 is 0 Å². The van der Waals surface area contributed by atoms with Crippen molar-refractivity contribution in [2.24, 2.45) is 0 Å². The molecule has 0 bridgehead atoms. The third kappa shape index (κ3) is 2.07. The summed E-state index contributed by atoms with van der Waals surface area (Å²) in [5, 5.41) is 15.8. The van der Waals surface area contributed by atoms with Crippen LogP contribution in [0.2, 0.25) is 0 Å². The van der Waals surface area contributed by atoms with Crippen LogP contribution in [-0.2, 0) is 0 Å². The van der Waals surface area contributed by atoms with Crippen molar-refractivity contribution in [2.45, 2.75) is 0 Å². The fraction of sp³-hybridized carbons (Fsp3) is 0. The number of benzene rings is 7. The van der Waals surface area contributed by atoms with Crippen molar-refractivity contribution >= 4 is 97.7 Å². The molecule has 4 aromatic heterocycles. The van der Waals surface area contributed by atoms with E-state index in [1.807, 2.05) is 0 Å². The Labute approximate surface area is 227 Å². The third-order valence-corrected chi connectivity index (χ3v) is 9.49. The molecule has 11 rings (SSSR count). The van der Waals surface area contributed by atoms with E-state index in [0.717, 1.165) is 0 Å². The molecule has 0 saturated carbocycles. The zero-order chi connectivity index (χ0) is 25.7. The van der Waals surface area contributed by atoms with Crippen LogP contribution in [-0.4, -0.2) is 8.80 Å². The molecule has 0 atom stereocenters. The first kappa shape index (κ1) is 19.7. The molecule has 11 aromatic rings. The molecule has 0 fully saturated rings. The molecule has 0 unspecified atom stereocenters. The van der Waals surface area contributed by atoms with Gasteiger partial charge in [-0.15, -0.1) is 0 Å². The van der Waals surface area contributed by atoms with E-state index in [4.69, 9.17) is 0 Å². The van der Waals surface area contributed by atoms with E-state index in [0.29, 0.717) is 0 Å². The number of fused-ring (bicyclic) bond motifs is 15. The van der Waals surface area contributed by atoms with E-state index in [1.165, 1.54) is 97.7 Å². The smallest absolute Gasteiger partial charge is 0.0627 e. The van der Waals surface area contributed by atoms with E-state index in [-0.39, 0.29) is 0 Å². The molecule has 2 heteroatoms. The van der Waals surface area contributed by atoms with Crippen molar-refractivity contribution < 1.29 is 0 Å². The van der Waals surface area contributed by atoms with E-state index in [9.17, 15) is 0 Å². The number of hydrogen-bond donors (Lipinski definition) is 0. The van der Waals surface area contributed by atoms with Crippen LogP contribution in [0.3, 0.4) is 0 Å². The summed E-state index contributed by atoms with van der Waals surface area (Å²) in [4.78, 5) is 0. The SMILES string of the molecule is c1ccc2cc3c(cc2c1)c1c2ccccc2cc2c4cc5c6cccc7c8ccccc8n(c5cc4n3c21)c76. The van der Waals surface area contributed by atoms with Gasteiger partial charge in [0.2, 0.25) is 0 Å². The molecule has 182 valence electrons. The summed E-state index contributed by atoms with van der Waals surface area (Å²) in [5.41, 5.74) is 7.77. The molecule has 4 heterocycles. The zero-order valence-corrected chi connectivity index (χ0v) is 21.4. The van der Waals surface area contributed by atoms with Gasteiger partial charge in [-0.3, -0.25) is 0 Å². The Morgan fingerprint density at radius 3 is 1.73 bits per heavy atom. The van der Waals surface area contributed by atoms with E-state index < -0.39 is 0 Å². The summed E-state index contributed by atoms with van der Waals surface area (Å²) in [5.74, 6) is 0. The number of para-hydroxylation sites is 2. The van der Waals surface area contributed by atoms with Crippen molar-refractivity contribution in [3.05, 3.63) is 121 Å². The Morgan fingerprint density at radius 1 is 0.300 bits per heavy atom. The normalized spacial score (nSPS) is 13.0. The summed E-state index contributed by atoms with van der Waals surface area (Å²) >= 11 is 0. The van der Waals surface area contributed by atoms with Gasteiger partial charge in [0.25, 0.3) is 0 Å². The van der Waals surface area contributed by atoms with Gasteiger partial charge in [-0.1, -0.05) is 84.9 Å². The standard InChI is InChI=1S/C38H20N2/c1-2-9-22-18-33-31(16-21(22)8-1)36-24-11-4-3-10-23(24)17-30-29-19-28-27-14-7-13-26-25-12-5-6-15-32(25)39(37(26)27)34(28)20-35(29)40(33)38(30)36/h1-20H. The summed E-state index contributed by atoms with van der Waals surface area (Å²) in [6, 6.07) is 45.4. The number of aromatic nitrogens is 2. The molecule has 0 N–H and O–H groups in total. The van der Waals surface area contributed by atoms with Gasteiger partial charge in [0, 0.05) is 43.1 Å². The summed E-state index contributed by atoms with van der Waals surface area (Å²) in [6.45, 7) is 0. The van der Waals surface area contributed by atoms with Crippen LogP contribution >= 0.6 is 0 Å². The average Bonchev–Trinajstić information content (AvgIpc) is 3.71. The van der Waals surface area contributed by atoms with Crippen LogP contribution in [0.15, 0.2) is 121 Å². The maximum Gasteiger partial charge on any atom is 0.0627 e. The topological polar surface area (TPSA) is 8.82 Å². The lowest BCUT2D eigenvalue weighted by atomic mass is 9.98. The van der Waals surface area contributed by atoms with Gasteiger partial charge >= 0.3 is 0 Å². The average molecular weight is 505 g/mol. The number of nitrogens with zero attached hydrogens (tertiary/aromatic N) is 2. The largest absolute Gasteiger partial charge is 0.308 e. The maximum atomic E-state index is 2.54. The fourth-order valence-corrected chi connectivity index (χ4v) is 7.90. The first-order valence-corrected chi connectivity index (χ1v) is 14.0. The van der Waals surface area contributed by atoms with Crippen molar-refractivity contribution in [2.75, 3.05) is 0 Å². The maximum absolute atomic E-state index is 2.54. The highest BCUT2D eigenvalue weighted by atomic mass is 14.9. The second-order valence-corrected chi connectivity index (χ2v) is 11.4. The van der Waals surface area contributed by atoms with Crippen molar-refractivity contribution in [1.82, 2.24) is 8.80 Å². The van der Waals surface area contributed by atoms with E-state index in [2.05, 4.69) is 130 Å². The molecule has 0 spiro atoms. The van der Waals surface area contributed by atoms with Crippen LogP contribution in [0.25, 0.3) is 97.7 Å². The number of rotatable bonds is 0.